The van der Waals surface area contributed by atoms with Crippen molar-refractivity contribution in [1.29, 1.82) is 0 Å². The molecule has 4 N–H and O–H groups in total. The summed E-state index contributed by atoms with van der Waals surface area (Å²) in [7, 11) is 0. The molecule has 1 atom stereocenters. The van der Waals surface area contributed by atoms with Gasteiger partial charge >= 0.3 is 0 Å². The number of aromatic nitrogens is 4. The van der Waals surface area contributed by atoms with E-state index in [-0.39, 0.29) is 25.4 Å². The minimum Gasteiger partial charge on any atom is -0.352 e. The Kier molecular flexibility index (Phi) is 5.02. The van der Waals surface area contributed by atoms with Gasteiger partial charge in [-0.25, -0.2) is 4.39 Å². The molecular weight excluding hydrogens is 279 g/mol. The Morgan fingerprint density at radius 2 is 1.67 bits per heavy atom. The van der Waals surface area contributed by atoms with Crippen molar-refractivity contribution < 1.29 is 14.0 Å². The number of aromatic amines is 2. The lowest BCUT2D eigenvalue weighted by Crippen LogP contribution is -2.33. The Labute approximate surface area is 119 Å². The molecule has 0 aromatic carbocycles. The molecule has 2 aromatic heterocycles. The normalized spacial score (nSPS) is 11.9. The molecule has 0 radical (unpaired) electrons. The maximum Gasteiger partial charge on any atom is 0.254 e. The SMILES string of the molecule is O=C(NCC[C@H](F)CNC(=O)c1cn[nH]c1)c1cn[nH]c1. The maximum atomic E-state index is 13.6. The summed E-state index contributed by atoms with van der Waals surface area (Å²) in [5, 5.41) is 17.3. The van der Waals surface area contributed by atoms with Crippen molar-refractivity contribution in [3.8, 4) is 0 Å². The summed E-state index contributed by atoms with van der Waals surface area (Å²) in [6.45, 7) is 0.0539. The van der Waals surface area contributed by atoms with Crippen molar-refractivity contribution in [1.82, 2.24) is 31.0 Å². The molecule has 0 aliphatic carbocycles. The number of hydrogen-bond acceptors (Lipinski definition) is 4. The molecule has 0 saturated heterocycles. The molecule has 0 fully saturated rings. The van der Waals surface area contributed by atoms with Crippen LogP contribution in [0.5, 0.6) is 0 Å². The molecule has 9 heteroatoms. The lowest BCUT2D eigenvalue weighted by molar-refractivity contribution is 0.0926. The fourth-order valence-corrected chi connectivity index (χ4v) is 1.60. The zero-order valence-electron chi connectivity index (χ0n) is 11.1. The Balaban J connectivity index is 1.62. The number of alkyl halides is 1. The molecule has 2 rings (SSSR count). The fourth-order valence-electron chi connectivity index (χ4n) is 1.60. The summed E-state index contributed by atoms with van der Waals surface area (Å²) in [5.74, 6) is -0.716. The summed E-state index contributed by atoms with van der Waals surface area (Å²) < 4.78 is 13.6. The van der Waals surface area contributed by atoms with Crippen molar-refractivity contribution in [2.45, 2.75) is 12.6 Å². The largest absolute Gasteiger partial charge is 0.352 e. The van der Waals surface area contributed by atoms with E-state index < -0.39 is 12.1 Å². The Hall–Kier alpha value is -2.71. The number of halogens is 1. The highest BCUT2D eigenvalue weighted by molar-refractivity contribution is 5.94. The van der Waals surface area contributed by atoms with Gasteiger partial charge in [-0.15, -0.1) is 0 Å². The summed E-state index contributed by atoms with van der Waals surface area (Å²) in [5.41, 5.74) is 0.731. The van der Waals surface area contributed by atoms with Crippen LogP contribution in [0.3, 0.4) is 0 Å². The predicted octanol–water partition coefficient (Wildman–Crippen LogP) is 0.0208. The summed E-state index contributed by atoms with van der Waals surface area (Å²) in [6.07, 6.45) is 4.47. The van der Waals surface area contributed by atoms with Crippen LogP contribution in [-0.4, -0.2) is 51.5 Å². The van der Waals surface area contributed by atoms with Crippen LogP contribution in [0, 0.1) is 0 Å². The number of H-pyrrole nitrogens is 2. The molecule has 21 heavy (non-hydrogen) atoms. The van der Waals surface area contributed by atoms with E-state index in [9.17, 15) is 14.0 Å². The monoisotopic (exact) mass is 294 g/mol. The number of amides is 2. The van der Waals surface area contributed by atoms with Crippen LogP contribution in [0.1, 0.15) is 27.1 Å². The Morgan fingerprint density at radius 3 is 2.19 bits per heavy atom. The molecule has 2 amide bonds. The maximum absolute atomic E-state index is 13.6. The first-order valence-electron chi connectivity index (χ1n) is 6.35. The van der Waals surface area contributed by atoms with E-state index in [1.807, 2.05) is 0 Å². The zero-order valence-corrected chi connectivity index (χ0v) is 11.1. The first kappa shape index (κ1) is 14.7. The molecular formula is C12H15FN6O2. The molecule has 2 aromatic rings. The minimum absolute atomic E-state index is 0.106. The minimum atomic E-state index is -1.24. The number of nitrogens with zero attached hydrogens (tertiary/aromatic N) is 2. The van der Waals surface area contributed by atoms with Crippen molar-refractivity contribution in [3.63, 3.8) is 0 Å². The average molecular weight is 294 g/mol. The van der Waals surface area contributed by atoms with Crippen molar-refractivity contribution >= 4 is 11.8 Å². The van der Waals surface area contributed by atoms with Gasteiger partial charge in [0, 0.05) is 25.5 Å². The molecule has 0 unspecified atom stereocenters. The van der Waals surface area contributed by atoms with Gasteiger partial charge in [-0.05, 0) is 6.42 Å². The molecule has 0 aliphatic rings. The van der Waals surface area contributed by atoms with Gasteiger partial charge in [0.25, 0.3) is 11.8 Å². The van der Waals surface area contributed by atoms with E-state index in [2.05, 4.69) is 31.0 Å². The summed E-state index contributed by atoms with van der Waals surface area (Å²) in [6, 6.07) is 0. The predicted molar refractivity (Wildman–Crippen MR) is 71.4 cm³/mol. The van der Waals surface area contributed by atoms with Crippen LogP contribution in [0.2, 0.25) is 0 Å². The van der Waals surface area contributed by atoms with E-state index in [0.717, 1.165) is 0 Å². The van der Waals surface area contributed by atoms with Gasteiger partial charge in [-0.2, -0.15) is 10.2 Å². The van der Waals surface area contributed by atoms with Gasteiger partial charge in [-0.3, -0.25) is 19.8 Å². The molecule has 8 nitrogen and oxygen atoms in total. The third kappa shape index (κ3) is 4.41. The van der Waals surface area contributed by atoms with E-state index >= 15 is 0 Å². The van der Waals surface area contributed by atoms with E-state index in [4.69, 9.17) is 0 Å². The first-order valence-corrected chi connectivity index (χ1v) is 6.35. The lowest BCUT2D eigenvalue weighted by atomic mass is 10.2. The Bertz CT molecular complexity index is 569. The zero-order chi connectivity index (χ0) is 15.1. The third-order valence-electron chi connectivity index (χ3n) is 2.75. The van der Waals surface area contributed by atoms with Gasteiger partial charge in [-0.1, -0.05) is 0 Å². The van der Waals surface area contributed by atoms with Crippen molar-refractivity contribution in [3.05, 3.63) is 35.9 Å². The van der Waals surface area contributed by atoms with E-state index in [1.165, 1.54) is 24.8 Å². The average Bonchev–Trinajstić information content (AvgIpc) is 3.16. The van der Waals surface area contributed by atoms with Gasteiger partial charge in [0.2, 0.25) is 0 Å². The number of rotatable bonds is 7. The van der Waals surface area contributed by atoms with Gasteiger partial charge in [0.15, 0.2) is 0 Å². The first-order chi connectivity index (χ1) is 10.2. The van der Waals surface area contributed by atoms with E-state index in [0.29, 0.717) is 11.1 Å². The van der Waals surface area contributed by atoms with Crippen LogP contribution in [0.4, 0.5) is 4.39 Å². The quantitative estimate of drug-likeness (QED) is 0.576. The van der Waals surface area contributed by atoms with Gasteiger partial charge in [0.05, 0.1) is 23.5 Å². The fraction of sp³-hybridized carbons (Fsp3) is 0.333. The lowest BCUT2D eigenvalue weighted by Gasteiger charge is -2.09. The number of nitrogens with one attached hydrogen (secondary N) is 4. The molecule has 0 spiro atoms. The van der Waals surface area contributed by atoms with Gasteiger partial charge in [0.1, 0.15) is 6.17 Å². The highest BCUT2D eigenvalue weighted by Gasteiger charge is 2.12. The smallest absolute Gasteiger partial charge is 0.254 e. The summed E-state index contributed by atoms with van der Waals surface area (Å²) >= 11 is 0. The molecule has 0 saturated carbocycles. The number of carbonyl (C=O) groups excluding carboxylic acids is 2. The van der Waals surface area contributed by atoms with E-state index in [1.54, 1.807) is 0 Å². The second kappa shape index (κ2) is 7.17. The highest BCUT2D eigenvalue weighted by Crippen LogP contribution is 1.99. The Morgan fingerprint density at radius 1 is 1.10 bits per heavy atom. The molecule has 112 valence electrons. The van der Waals surface area contributed by atoms with Crippen molar-refractivity contribution in [2.75, 3.05) is 13.1 Å². The second-order valence-corrected chi connectivity index (χ2v) is 4.33. The third-order valence-corrected chi connectivity index (χ3v) is 2.75. The van der Waals surface area contributed by atoms with Crippen molar-refractivity contribution in [2.24, 2.45) is 0 Å². The second-order valence-electron chi connectivity index (χ2n) is 4.33. The van der Waals surface area contributed by atoms with Crippen LogP contribution in [-0.2, 0) is 0 Å². The highest BCUT2D eigenvalue weighted by atomic mass is 19.1. The van der Waals surface area contributed by atoms with Crippen LogP contribution in [0.15, 0.2) is 24.8 Å². The van der Waals surface area contributed by atoms with Crippen LogP contribution >= 0.6 is 0 Å². The van der Waals surface area contributed by atoms with Crippen LogP contribution < -0.4 is 10.6 Å². The topological polar surface area (TPSA) is 116 Å². The molecule has 0 aliphatic heterocycles. The number of carbonyl (C=O) groups is 2. The van der Waals surface area contributed by atoms with Gasteiger partial charge < -0.3 is 10.6 Å². The summed E-state index contributed by atoms with van der Waals surface area (Å²) in [4.78, 5) is 23.1. The molecule has 2 heterocycles. The molecule has 0 bridgehead atoms. The van der Waals surface area contributed by atoms with Crippen LogP contribution in [0.25, 0.3) is 0 Å². The number of hydrogen-bond donors (Lipinski definition) is 4. The standard InChI is InChI=1S/C12H15FN6O2/c13-10(7-15-12(21)9-5-18-19-6-9)1-2-14-11(20)8-3-16-17-4-8/h3-6,10H,1-2,7H2,(H,14,20)(H,15,21)(H,16,17)(H,18,19)/t10-/m0/s1.